The number of hydrogen-bond acceptors (Lipinski definition) is 7. The van der Waals surface area contributed by atoms with Gasteiger partial charge in [-0.2, -0.15) is 0 Å². The molecular formula is C13H16N4O2S2. The smallest absolute Gasteiger partial charge is 0.269 e. The van der Waals surface area contributed by atoms with Gasteiger partial charge in [-0.3, -0.25) is 10.1 Å². The van der Waals surface area contributed by atoms with Crippen LogP contribution >= 0.6 is 23.1 Å². The van der Waals surface area contributed by atoms with Crippen molar-refractivity contribution in [1.29, 1.82) is 0 Å². The summed E-state index contributed by atoms with van der Waals surface area (Å²) in [5.74, 6) is 0.627. The monoisotopic (exact) mass is 324 g/mol. The Bertz CT molecular complexity index is 630. The van der Waals surface area contributed by atoms with Crippen LogP contribution in [0.15, 0.2) is 22.5 Å². The summed E-state index contributed by atoms with van der Waals surface area (Å²) >= 11 is 3.07. The van der Waals surface area contributed by atoms with E-state index in [1.165, 1.54) is 17.4 Å². The topological polar surface area (TPSA) is 81.0 Å². The lowest BCUT2D eigenvalue weighted by Crippen LogP contribution is -2.03. The van der Waals surface area contributed by atoms with E-state index < -0.39 is 0 Å². The molecule has 1 N–H and O–H groups in total. The highest BCUT2D eigenvalue weighted by Gasteiger charge is 2.12. The molecule has 0 fully saturated rings. The van der Waals surface area contributed by atoms with Crippen molar-refractivity contribution in [1.82, 2.24) is 10.2 Å². The predicted molar refractivity (Wildman–Crippen MR) is 86.1 cm³/mol. The number of aromatic nitrogens is 2. The molecule has 6 nitrogen and oxygen atoms in total. The molecule has 0 radical (unpaired) electrons. The van der Waals surface area contributed by atoms with Gasteiger partial charge in [-0.25, -0.2) is 0 Å². The molecule has 0 spiro atoms. The number of hydrogen-bond donors (Lipinski definition) is 1. The number of thioether (sulfide) groups is 1. The Labute approximate surface area is 131 Å². The number of nitrogens with one attached hydrogen (secondary N) is 1. The third-order valence-electron chi connectivity index (χ3n) is 2.72. The lowest BCUT2D eigenvalue weighted by Gasteiger charge is -2.10. The molecule has 1 aromatic heterocycles. The molecule has 0 aliphatic rings. The third kappa shape index (κ3) is 4.40. The van der Waals surface area contributed by atoms with Gasteiger partial charge in [0.1, 0.15) is 5.01 Å². The fourth-order valence-electron chi connectivity index (χ4n) is 1.72. The van der Waals surface area contributed by atoms with Gasteiger partial charge in [-0.1, -0.05) is 30.0 Å². The van der Waals surface area contributed by atoms with Crippen LogP contribution in [0.3, 0.4) is 0 Å². The maximum Gasteiger partial charge on any atom is 0.269 e. The van der Waals surface area contributed by atoms with E-state index in [0.29, 0.717) is 5.75 Å². The summed E-state index contributed by atoms with van der Waals surface area (Å²) in [6.45, 7) is 4.83. The first-order valence-electron chi connectivity index (χ1n) is 6.54. The van der Waals surface area contributed by atoms with Crippen molar-refractivity contribution in [3.63, 3.8) is 0 Å². The molecule has 0 saturated carbocycles. The van der Waals surface area contributed by atoms with E-state index in [9.17, 15) is 10.1 Å². The SMILES string of the molecule is CCCNc1ccc([N+](=O)[O-])cc1CSc1nnc(C)s1. The first kappa shape index (κ1) is 15.7. The molecule has 0 bridgehead atoms. The molecule has 0 saturated heterocycles. The van der Waals surface area contributed by atoms with Gasteiger partial charge in [0.2, 0.25) is 0 Å². The van der Waals surface area contributed by atoms with Crippen LogP contribution in [-0.2, 0) is 5.75 Å². The number of nitro groups is 1. The summed E-state index contributed by atoms with van der Waals surface area (Å²) in [6.07, 6.45) is 0.999. The Morgan fingerprint density at radius 2 is 2.24 bits per heavy atom. The van der Waals surface area contributed by atoms with E-state index in [-0.39, 0.29) is 10.6 Å². The van der Waals surface area contributed by atoms with Crippen molar-refractivity contribution in [2.75, 3.05) is 11.9 Å². The van der Waals surface area contributed by atoms with Crippen molar-refractivity contribution >= 4 is 34.5 Å². The van der Waals surface area contributed by atoms with Crippen molar-refractivity contribution in [2.24, 2.45) is 0 Å². The fraction of sp³-hybridized carbons (Fsp3) is 0.385. The Morgan fingerprint density at radius 3 is 2.86 bits per heavy atom. The average molecular weight is 324 g/mol. The van der Waals surface area contributed by atoms with Gasteiger partial charge in [0, 0.05) is 30.1 Å². The molecular weight excluding hydrogens is 308 g/mol. The van der Waals surface area contributed by atoms with Gasteiger partial charge < -0.3 is 5.32 Å². The summed E-state index contributed by atoms with van der Waals surface area (Å²) in [5.41, 5.74) is 1.97. The summed E-state index contributed by atoms with van der Waals surface area (Å²) in [6, 6.07) is 4.93. The Morgan fingerprint density at radius 1 is 1.43 bits per heavy atom. The van der Waals surface area contributed by atoms with Gasteiger partial charge in [0.15, 0.2) is 4.34 Å². The molecule has 21 heavy (non-hydrogen) atoms. The number of nitro benzene ring substituents is 1. The molecule has 0 aliphatic heterocycles. The predicted octanol–water partition coefficient (Wildman–Crippen LogP) is 3.87. The Hall–Kier alpha value is -1.67. The van der Waals surface area contributed by atoms with Crippen molar-refractivity contribution in [2.45, 2.75) is 30.4 Å². The van der Waals surface area contributed by atoms with Gasteiger partial charge in [-0.15, -0.1) is 10.2 Å². The molecule has 1 aromatic carbocycles. The van der Waals surface area contributed by atoms with Crippen molar-refractivity contribution in [3.05, 3.63) is 38.9 Å². The molecule has 2 rings (SSSR count). The lowest BCUT2D eigenvalue weighted by molar-refractivity contribution is -0.384. The summed E-state index contributed by atoms with van der Waals surface area (Å²) in [4.78, 5) is 10.5. The van der Waals surface area contributed by atoms with Crippen LogP contribution < -0.4 is 5.32 Å². The zero-order chi connectivity index (χ0) is 15.2. The first-order chi connectivity index (χ1) is 10.1. The maximum absolute atomic E-state index is 10.9. The molecule has 8 heteroatoms. The van der Waals surface area contributed by atoms with Crippen LogP contribution in [0, 0.1) is 17.0 Å². The average Bonchev–Trinajstić information content (AvgIpc) is 2.88. The standard InChI is InChI=1S/C13H16N4O2S2/c1-3-6-14-12-5-4-11(17(18)19)7-10(12)8-20-13-16-15-9(2)21-13/h4-5,7,14H,3,6,8H2,1-2H3. The van der Waals surface area contributed by atoms with Crippen molar-refractivity contribution in [3.8, 4) is 0 Å². The van der Waals surface area contributed by atoms with Crippen LogP contribution in [0.1, 0.15) is 23.9 Å². The Kier molecular flexibility index (Phi) is 5.51. The molecule has 2 aromatic rings. The van der Waals surface area contributed by atoms with Crippen LogP contribution in [0.4, 0.5) is 11.4 Å². The molecule has 0 atom stereocenters. The van der Waals surface area contributed by atoms with Crippen LogP contribution in [-0.4, -0.2) is 21.7 Å². The molecule has 0 amide bonds. The highest BCUT2D eigenvalue weighted by atomic mass is 32.2. The minimum Gasteiger partial charge on any atom is -0.385 e. The van der Waals surface area contributed by atoms with Gasteiger partial charge in [0.05, 0.1) is 4.92 Å². The normalized spacial score (nSPS) is 10.6. The molecule has 0 unspecified atom stereocenters. The van der Waals surface area contributed by atoms with E-state index in [1.807, 2.05) is 6.92 Å². The fourth-order valence-corrected chi connectivity index (χ4v) is 3.53. The quantitative estimate of drug-likeness (QED) is 0.473. The molecule has 112 valence electrons. The molecule has 1 heterocycles. The number of rotatable bonds is 7. The van der Waals surface area contributed by atoms with Crippen molar-refractivity contribution < 1.29 is 4.92 Å². The van der Waals surface area contributed by atoms with Crippen LogP contribution in [0.2, 0.25) is 0 Å². The number of benzene rings is 1. The number of nitrogens with zero attached hydrogens (tertiary/aromatic N) is 3. The Balaban J connectivity index is 2.16. The second kappa shape index (κ2) is 7.37. The zero-order valence-corrected chi connectivity index (χ0v) is 13.5. The highest BCUT2D eigenvalue weighted by molar-refractivity contribution is 8.00. The lowest BCUT2D eigenvalue weighted by atomic mass is 10.1. The van der Waals surface area contributed by atoms with Gasteiger partial charge >= 0.3 is 0 Å². The minimum atomic E-state index is -0.368. The third-order valence-corrected chi connectivity index (χ3v) is 4.74. The van der Waals surface area contributed by atoms with Crippen LogP contribution in [0.5, 0.6) is 0 Å². The summed E-state index contributed by atoms with van der Waals surface area (Å²) in [7, 11) is 0. The first-order valence-corrected chi connectivity index (χ1v) is 8.34. The maximum atomic E-state index is 10.9. The number of non-ortho nitro benzene ring substituents is 1. The summed E-state index contributed by atoms with van der Waals surface area (Å²) in [5, 5.41) is 23.2. The second-order valence-corrected chi connectivity index (χ2v) is 6.81. The zero-order valence-electron chi connectivity index (χ0n) is 11.8. The van der Waals surface area contributed by atoms with E-state index in [4.69, 9.17) is 0 Å². The van der Waals surface area contributed by atoms with Gasteiger partial charge in [-0.05, 0) is 25.0 Å². The van der Waals surface area contributed by atoms with Crippen LogP contribution in [0.25, 0.3) is 0 Å². The van der Waals surface area contributed by atoms with E-state index in [0.717, 1.165) is 33.6 Å². The van der Waals surface area contributed by atoms with E-state index >= 15 is 0 Å². The number of anilines is 1. The number of aryl methyl sites for hydroxylation is 1. The largest absolute Gasteiger partial charge is 0.385 e. The second-order valence-electron chi connectivity index (χ2n) is 4.40. The highest BCUT2D eigenvalue weighted by Crippen LogP contribution is 2.30. The molecule has 0 aliphatic carbocycles. The minimum absolute atomic E-state index is 0.112. The van der Waals surface area contributed by atoms with E-state index in [1.54, 1.807) is 23.9 Å². The van der Waals surface area contributed by atoms with E-state index in [2.05, 4.69) is 22.4 Å². The van der Waals surface area contributed by atoms with Gasteiger partial charge in [0.25, 0.3) is 5.69 Å². The summed E-state index contributed by atoms with van der Waals surface area (Å²) < 4.78 is 0.875.